The molecule has 0 fully saturated rings. The van der Waals surface area contributed by atoms with Gasteiger partial charge in [-0.1, -0.05) is 62.4 Å². The molecule has 2 aromatic rings. The Hall–Kier alpha value is -2.64. The van der Waals surface area contributed by atoms with Crippen molar-refractivity contribution in [3.63, 3.8) is 0 Å². The van der Waals surface area contributed by atoms with Crippen LogP contribution < -0.4 is 10.6 Å². The van der Waals surface area contributed by atoms with Gasteiger partial charge in [-0.05, 0) is 30.0 Å². The lowest BCUT2D eigenvalue weighted by atomic mass is 9.75. The molecule has 0 saturated heterocycles. The topological polar surface area (TPSA) is 98.7 Å². The molecule has 4 N–H and O–H groups in total. The van der Waals surface area contributed by atoms with E-state index in [1.807, 2.05) is 50.2 Å². The zero-order valence-electron chi connectivity index (χ0n) is 16.2. The van der Waals surface area contributed by atoms with Crippen molar-refractivity contribution >= 4 is 18.9 Å². The average Bonchev–Trinajstić information content (AvgIpc) is 2.68. The maximum atomic E-state index is 12.9. The van der Waals surface area contributed by atoms with Crippen molar-refractivity contribution in [2.75, 3.05) is 0 Å². The van der Waals surface area contributed by atoms with Crippen molar-refractivity contribution in [2.45, 2.75) is 38.7 Å². The highest BCUT2D eigenvalue weighted by atomic mass is 16.4. The number of carbonyl (C=O) groups is 2. The van der Waals surface area contributed by atoms with E-state index in [9.17, 15) is 19.6 Å². The summed E-state index contributed by atoms with van der Waals surface area (Å²) >= 11 is 0. The number of amides is 2. The third-order valence-electron chi connectivity index (χ3n) is 4.35. The lowest BCUT2D eigenvalue weighted by molar-refractivity contribution is -0.123. The van der Waals surface area contributed by atoms with Crippen molar-refractivity contribution in [2.24, 2.45) is 5.92 Å². The predicted molar refractivity (Wildman–Crippen MR) is 109 cm³/mol. The summed E-state index contributed by atoms with van der Waals surface area (Å²) in [6, 6.07) is 17.2. The molecule has 6 nitrogen and oxygen atoms in total. The molecule has 0 heterocycles. The van der Waals surface area contributed by atoms with Gasteiger partial charge in [0.15, 0.2) is 0 Å². The normalized spacial score (nSPS) is 12.9. The van der Waals surface area contributed by atoms with Gasteiger partial charge in [-0.3, -0.25) is 9.59 Å². The van der Waals surface area contributed by atoms with E-state index in [4.69, 9.17) is 0 Å². The van der Waals surface area contributed by atoms with Crippen molar-refractivity contribution in [3.05, 3.63) is 71.8 Å². The fourth-order valence-electron chi connectivity index (χ4n) is 2.94. The molecule has 2 rings (SSSR count). The maximum Gasteiger partial charge on any atom is 0.475 e. The zero-order chi connectivity index (χ0) is 20.5. The molecular weight excluding hydrogens is 355 g/mol. The fourth-order valence-corrected chi connectivity index (χ4v) is 2.94. The summed E-state index contributed by atoms with van der Waals surface area (Å²) in [6.07, 6.45) is 0.704. The lowest BCUT2D eigenvalue weighted by Crippen LogP contribution is -2.55. The number of rotatable bonds is 9. The van der Waals surface area contributed by atoms with Gasteiger partial charge in [0, 0.05) is 12.0 Å². The molecule has 0 saturated carbocycles. The van der Waals surface area contributed by atoms with E-state index in [1.54, 1.807) is 24.3 Å². The Morgan fingerprint density at radius 3 is 2.04 bits per heavy atom. The second kappa shape index (κ2) is 10.6. The highest BCUT2D eigenvalue weighted by molar-refractivity contribution is 6.43. The van der Waals surface area contributed by atoms with E-state index >= 15 is 0 Å². The van der Waals surface area contributed by atoms with Gasteiger partial charge in [0.1, 0.15) is 6.04 Å². The van der Waals surface area contributed by atoms with Crippen LogP contribution in [0.15, 0.2) is 60.7 Å². The van der Waals surface area contributed by atoms with Crippen molar-refractivity contribution in [1.29, 1.82) is 0 Å². The summed E-state index contributed by atoms with van der Waals surface area (Å²) in [4.78, 5) is 25.4. The minimum Gasteiger partial charge on any atom is -0.426 e. The summed E-state index contributed by atoms with van der Waals surface area (Å²) < 4.78 is 0. The second-order valence-corrected chi connectivity index (χ2v) is 7.24. The van der Waals surface area contributed by atoms with Crippen LogP contribution in [0.25, 0.3) is 0 Å². The molecule has 7 heteroatoms. The summed E-state index contributed by atoms with van der Waals surface area (Å²) in [5.74, 6) is -1.45. The molecular formula is C21H27BN2O4. The Morgan fingerprint density at radius 2 is 1.50 bits per heavy atom. The van der Waals surface area contributed by atoms with Crippen molar-refractivity contribution < 1.29 is 19.6 Å². The summed E-state index contributed by atoms with van der Waals surface area (Å²) in [7, 11) is -1.67. The fraction of sp³-hybridized carbons (Fsp3) is 0.333. The Morgan fingerprint density at radius 1 is 0.929 bits per heavy atom. The molecule has 148 valence electrons. The smallest absolute Gasteiger partial charge is 0.426 e. The van der Waals surface area contributed by atoms with Crippen LogP contribution >= 0.6 is 0 Å². The Bertz CT molecular complexity index is 754. The molecule has 2 aromatic carbocycles. The molecule has 0 bridgehead atoms. The van der Waals surface area contributed by atoms with Gasteiger partial charge in [0.2, 0.25) is 5.91 Å². The van der Waals surface area contributed by atoms with Crippen LogP contribution in [0.2, 0.25) is 0 Å². The summed E-state index contributed by atoms with van der Waals surface area (Å²) in [5.41, 5.74) is 1.34. The molecule has 0 radical (unpaired) electrons. The molecule has 0 aliphatic carbocycles. The highest BCUT2D eigenvalue weighted by Gasteiger charge is 2.30. The van der Waals surface area contributed by atoms with Gasteiger partial charge in [0.25, 0.3) is 5.91 Å². The number of hydrogen-bond acceptors (Lipinski definition) is 4. The standard InChI is InChI=1S/C21H27BN2O4/c1-15(2)13-19(22(27)28)24-21(26)18(14-16-9-5-3-6-10-16)23-20(25)17-11-7-4-8-12-17/h3-12,15,18-19,27-28H,13-14H2,1-2H3,(H,23,25)(H,24,26)/t18-,19+/m0/s1. The number of nitrogens with one attached hydrogen (secondary N) is 2. The Kier molecular flexibility index (Phi) is 8.23. The minimum atomic E-state index is -1.67. The average molecular weight is 382 g/mol. The number of hydrogen-bond donors (Lipinski definition) is 4. The Labute approximate surface area is 166 Å². The zero-order valence-corrected chi connectivity index (χ0v) is 16.2. The van der Waals surface area contributed by atoms with Crippen LogP contribution in [-0.4, -0.2) is 41.0 Å². The number of benzene rings is 2. The molecule has 2 atom stereocenters. The number of carbonyl (C=O) groups excluding carboxylic acids is 2. The quantitative estimate of drug-likeness (QED) is 0.495. The van der Waals surface area contributed by atoms with Crippen LogP contribution in [0, 0.1) is 5.92 Å². The summed E-state index contributed by atoms with van der Waals surface area (Å²) in [6.45, 7) is 3.86. The van der Waals surface area contributed by atoms with E-state index in [2.05, 4.69) is 10.6 Å². The predicted octanol–water partition coefficient (Wildman–Crippen LogP) is 1.57. The van der Waals surface area contributed by atoms with Crippen LogP contribution in [-0.2, 0) is 11.2 Å². The van der Waals surface area contributed by atoms with Crippen LogP contribution in [0.1, 0.15) is 36.2 Å². The molecule has 28 heavy (non-hydrogen) atoms. The SMILES string of the molecule is CC(C)C[C@@H](NC(=O)[C@H](Cc1ccccc1)NC(=O)c1ccccc1)B(O)O. The van der Waals surface area contributed by atoms with E-state index in [1.165, 1.54) is 0 Å². The first-order valence-electron chi connectivity index (χ1n) is 9.43. The first-order valence-corrected chi connectivity index (χ1v) is 9.43. The molecule has 0 spiro atoms. The van der Waals surface area contributed by atoms with Crippen LogP contribution in [0.5, 0.6) is 0 Å². The molecule has 0 aliphatic heterocycles. The van der Waals surface area contributed by atoms with E-state index < -0.39 is 25.0 Å². The third-order valence-corrected chi connectivity index (χ3v) is 4.35. The van der Waals surface area contributed by atoms with Crippen LogP contribution in [0.3, 0.4) is 0 Å². The first kappa shape index (κ1) is 21.7. The second-order valence-electron chi connectivity index (χ2n) is 7.24. The van der Waals surface area contributed by atoms with E-state index in [0.29, 0.717) is 18.4 Å². The largest absolute Gasteiger partial charge is 0.475 e. The van der Waals surface area contributed by atoms with Gasteiger partial charge >= 0.3 is 7.12 Å². The van der Waals surface area contributed by atoms with E-state index in [0.717, 1.165) is 5.56 Å². The summed E-state index contributed by atoms with van der Waals surface area (Å²) in [5, 5.41) is 24.6. The molecule has 2 amide bonds. The van der Waals surface area contributed by atoms with Crippen LogP contribution in [0.4, 0.5) is 0 Å². The monoisotopic (exact) mass is 382 g/mol. The molecule has 0 unspecified atom stereocenters. The first-order chi connectivity index (χ1) is 13.4. The van der Waals surface area contributed by atoms with Gasteiger partial charge < -0.3 is 20.7 Å². The van der Waals surface area contributed by atoms with Gasteiger partial charge in [0.05, 0.1) is 5.94 Å². The van der Waals surface area contributed by atoms with Gasteiger partial charge in [-0.15, -0.1) is 0 Å². The van der Waals surface area contributed by atoms with Gasteiger partial charge in [-0.25, -0.2) is 0 Å². The molecule has 0 aromatic heterocycles. The van der Waals surface area contributed by atoms with E-state index in [-0.39, 0.29) is 11.8 Å². The van der Waals surface area contributed by atoms with Crippen molar-refractivity contribution in [3.8, 4) is 0 Å². The Balaban J connectivity index is 2.16. The minimum absolute atomic E-state index is 0.165. The maximum absolute atomic E-state index is 12.9. The van der Waals surface area contributed by atoms with Crippen molar-refractivity contribution in [1.82, 2.24) is 10.6 Å². The highest BCUT2D eigenvalue weighted by Crippen LogP contribution is 2.09. The molecule has 0 aliphatic rings. The lowest BCUT2D eigenvalue weighted by Gasteiger charge is -2.24. The van der Waals surface area contributed by atoms with Gasteiger partial charge in [-0.2, -0.15) is 0 Å². The third kappa shape index (κ3) is 6.83.